The molecule has 0 aromatic heterocycles. The second-order valence-electron chi connectivity index (χ2n) is 8.66. The van der Waals surface area contributed by atoms with Crippen molar-refractivity contribution in [2.75, 3.05) is 6.61 Å². The lowest BCUT2D eigenvalue weighted by molar-refractivity contribution is -0.135. The lowest BCUT2D eigenvalue weighted by Crippen LogP contribution is -2.49. The summed E-state index contributed by atoms with van der Waals surface area (Å²) in [5.74, 6) is 0.747. The number of carbonyl (C=O) groups excluding carboxylic acids is 1. The Morgan fingerprint density at radius 3 is 2.74 bits per heavy atom. The fraction of sp³-hybridized carbons (Fsp3) is 0.750. The van der Waals surface area contributed by atoms with Crippen molar-refractivity contribution in [1.29, 1.82) is 0 Å². The number of allylic oxidation sites excluding steroid dienone is 2. The summed E-state index contributed by atoms with van der Waals surface area (Å²) in [5.41, 5.74) is 2.39. The van der Waals surface area contributed by atoms with E-state index in [1.807, 2.05) is 6.08 Å². The van der Waals surface area contributed by atoms with Crippen molar-refractivity contribution in [3.05, 3.63) is 23.8 Å². The van der Waals surface area contributed by atoms with Crippen LogP contribution in [0, 0.1) is 22.7 Å². The quantitative estimate of drug-likeness (QED) is 0.475. The number of hydrogen-bond donors (Lipinski definition) is 1. The number of rotatable bonds is 2. The van der Waals surface area contributed by atoms with Crippen molar-refractivity contribution < 1.29 is 14.6 Å². The fourth-order valence-electron chi connectivity index (χ4n) is 5.64. The topological polar surface area (TPSA) is 46.5 Å². The van der Waals surface area contributed by atoms with Crippen molar-refractivity contribution in [2.45, 2.75) is 65.4 Å². The number of cyclic esters (lactones) is 1. The van der Waals surface area contributed by atoms with Gasteiger partial charge in [-0.15, -0.1) is 0 Å². The highest BCUT2D eigenvalue weighted by Crippen LogP contribution is 2.61. The molecule has 0 amide bonds. The Labute approximate surface area is 139 Å². The van der Waals surface area contributed by atoms with Crippen molar-refractivity contribution in [2.24, 2.45) is 22.7 Å². The first kappa shape index (κ1) is 16.8. The van der Waals surface area contributed by atoms with Crippen molar-refractivity contribution in [1.82, 2.24) is 0 Å². The highest BCUT2D eigenvalue weighted by atomic mass is 16.6. The summed E-state index contributed by atoms with van der Waals surface area (Å²) in [6.45, 7) is 11.7. The van der Waals surface area contributed by atoms with E-state index in [0.29, 0.717) is 22.8 Å². The average Bonchev–Trinajstić information content (AvgIpc) is 2.77. The van der Waals surface area contributed by atoms with Crippen LogP contribution in [0.1, 0.15) is 59.3 Å². The zero-order valence-corrected chi connectivity index (χ0v) is 14.7. The minimum absolute atomic E-state index is 0.100. The molecule has 3 heteroatoms. The second kappa shape index (κ2) is 5.77. The Morgan fingerprint density at radius 2 is 2.09 bits per heavy atom. The van der Waals surface area contributed by atoms with Gasteiger partial charge in [0, 0.05) is 0 Å². The molecular formula is C20H30O3. The number of carbonyl (C=O) groups is 1. The van der Waals surface area contributed by atoms with Gasteiger partial charge in [0.2, 0.25) is 0 Å². The summed E-state index contributed by atoms with van der Waals surface area (Å²) < 4.78 is 4.93. The maximum atomic E-state index is 11.7. The zero-order chi connectivity index (χ0) is 16.8. The lowest BCUT2D eigenvalue weighted by Gasteiger charge is -2.58. The van der Waals surface area contributed by atoms with Crippen molar-refractivity contribution >= 4 is 5.97 Å². The fourth-order valence-corrected chi connectivity index (χ4v) is 5.64. The van der Waals surface area contributed by atoms with Crippen LogP contribution >= 0.6 is 0 Å². The van der Waals surface area contributed by atoms with Gasteiger partial charge in [-0.2, -0.15) is 0 Å². The summed E-state index contributed by atoms with van der Waals surface area (Å²) in [7, 11) is 0. The van der Waals surface area contributed by atoms with E-state index < -0.39 is 6.10 Å². The predicted octanol–water partition coefficient (Wildman–Crippen LogP) is 4.02. The predicted molar refractivity (Wildman–Crippen MR) is 90.8 cm³/mol. The summed E-state index contributed by atoms with van der Waals surface area (Å²) in [4.78, 5) is 11.7. The third-order valence-corrected chi connectivity index (χ3v) is 6.86. The molecule has 4 atom stereocenters. The van der Waals surface area contributed by atoms with Gasteiger partial charge in [-0.05, 0) is 54.8 Å². The smallest absolute Gasteiger partial charge is 0.336 e. The van der Waals surface area contributed by atoms with E-state index in [1.165, 1.54) is 31.3 Å². The number of hydrogen-bond acceptors (Lipinski definition) is 3. The molecule has 3 fully saturated rings. The first-order chi connectivity index (χ1) is 10.8. The number of aliphatic hydroxyl groups excluding tert-OH is 1. The first-order valence-electron chi connectivity index (χ1n) is 8.98. The largest absolute Gasteiger partial charge is 0.459 e. The molecule has 0 aromatic carbocycles. The number of ether oxygens (including phenoxy) is 1. The normalized spacial score (nSPS) is 41.7. The molecule has 1 saturated heterocycles. The zero-order valence-electron chi connectivity index (χ0n) is 14.7. The molecule has 3 nitrogen and oxygen atoms in total. The van der Waals surface area contributed by atoms with Gasteiger partial charge in [0.25, 0.3) is 0 Å². The lowest BCUT2D eigenvalue weighted by atomic mass is 9.47. The molecule has 0 spiro atoms. The maximum Gasteiger partial charge on any atom is 0.336 e. The highest BCUT2D eigenvalue weighted by Gasteiger charge is 2.52. The molecular weight excluding hydrogens is 288 g/mol. The molecule has 1 aliphatic heterocycles. The van der Waals surface area contributed by atoms with Gasteiger partial charge >= 0.3 is 5.97 Å². The van der Waals surface area contributed by atoms with Crippen LogP contribution in [0.3, 0.4) is 0 Å². The molecule has 1 unspecified atom stereocenters. The van der Waals surface area contributed by atoms with Crippen LogP contribution in [0.4, 0.5) is 0 Å². The molecule has 3 rings (SSSR count). The van der Waals surface area contributed by atoms with Gasteiger partial charge in [-0.3, -0.25) is 0 Å². The van der Waals surface area contributed by atoms with E-state index in [9.17, 15) is 9.90 Å². The van der Waals surface area contributed by atoms with Crippen LogP contribution in [0.15, 0.2) is 23.8 Å². The van der Waals surface area contributed by atoms with Crippen LogP contribution in [0.25, 0.3) is 0 Å². The maximum absolute atomic E-state index is 11.7. The third kappa shape index (κ3) is 2.77. The van der Waals surface area contributed by atoms with Crippen LogP contribution in [-0.2, 0) is 9.53 Å². The second-order valence-corrected chi connectivity index (χ2v) is 8.66. The van der Waals surface area contributed by atoms with E-state index in [2.05, 4.69) is 27.4 Å². The van der Waals surface area contributed by atoms with Crippen LogP contribution in [-0.4, -0.2) is 23.8 Å². The van der Waals surface area contributed by atoms with E-state index in [-0.39, 0.29) is 18.0 Å². The van der Waals surface area contributed by atoms with Gasteiger partial charge in [-0.1, -0.05) is 45.4 Å². The molecule has 128 valence electrons. The average molecular weight is 318 g/mol. The van der Waals surface area contributed by atoms with Crippen molar-refractivity contribution in [3.8, 4) is 0 Å². The minimum Gasteiger partial charge on any atom is -0.459 e. The van der Waals surface area contributed by atoms with Crippen molar-refractivity contribution in [3.63, 3.8) is 0 Å². The Kier molecular flexibility index (Phi) is 4.20. The van der Waals surface area contributed by atoms with E-state index >= 15 is 0 Å². The highest BCUT2D eigenvalue weighted by molar-refractivity contribution is 5.91. The molecule has 3 aliphatic rings. The van der Waals surface area contributed by atoms with Gasteiger partial charge in [0.15, 0.2) is 0 Å². The Balaban J connectivity index is 1.86. The summed E-state index contributed by atoms with van der Waals surface area (Å²) in [6.07, 6.45) is 8.09. The Bertz CT molecular complexity index is 545. The first-order valence-corrected chi connectivity index (χ1v) is 8.98. The Hall–Kier alpha value is -1.09. The molecule has 23 heavy (non-hydrogen) atoms. The SMILES string of the molecule is C=C1CC[C@H]2C(C)(C)CCC[C@]2(C)[C@H]1C/C=C1\C(=O)OCC1O. The standard InChI is InChI=1S/C20H30O3/c1-13-6-9-17-19(2,3)10-5-11-20(17,4)15(13)8-7-14-16(21)12-23-18(14)22/h7,15-17,21H,1,5-6,8-12H2,2-4H3/b14-7-/t15-,16?,17-,20+/m0/s1. The summed E-state index contributed by atoms with van der Waals surface area (Å²) in [6, 6.07) is 0. The molecule has 0 radical (unpaired) electrons. The number of fused-ring (bicyclic) bond motifs is 1. The minimum atomic E-state index is -0.759. The summed E-state index contributed by atoms with van der Waals surface area (Å²) >= 11 is 0. The van der Waals surface area contributed by atoms with Crippen LogP contribution < -0.4 is 0 Å². The molecule has 2 saturated carbocycles. The van der Waals surface area contributed by atoms with Gasteiger partial charge < -0.3 is 9.84 Å². The van der Waals surface area contributed by atoms with E-state index in [0.717, 1.165) is 12.8 Å². The van der Waals surface area contributed by atoms with Crippen LogP contribution in [0.2, 0.25) is 0 Å². The van der Waals surface area contributed by atoms with Gasteiger partial charge in [0.1, 0.15) is 12.7 Å². The molecule has 0 bridgehead atoms. The van der Waals surface area contributed by atoms with Gasteiger partial charge in [-0.25, -0.2) is 4.79 Å². The Morgan fingerprint density at radius 1 is 1.35 bits per heavy atom. The molecule has 1 N–H and O–H groups in total. The van der Waals surface area contributed by atoms with Crippen LogP contribution in [0.5, 0.6) is 0 Å². The number of esters is 1. The third-order valence-electron chi connectivity index (χ3n) is 6.86. The van der Waals surface area contributed by atoms with Gasteiger partial charge in [0.05, 0.1) is 5.57 Å². The molecule has 2 aliphatic carbocycles. The monoisotopic (exact) mass is 318 g/mol. The van der Waals surface area contributed by atoms with E-state index in [1.54, 1.807) is 0 Å². The summed E-state index contributed by atoms with van der Waals surface area (Å²) in [5, 5.41) is 9.90. The number of aliphatic hydroxyl groups is 1. The molecule has 1 heterocycles. The molecule has 0 aromatic rings. The van der Waals surface area contributed by atoms with E-state index in [4.69, 9.17) is 4.74 Å².